The maximum absolute atomic E-state index is 11.6. The van der Waals surface area contributed by atoms with Gasteiger partial charge in [0.15, 0.2) is 5.82 Å². The second kappa shape index (κ2) is 5.48. The highest BCUT2D eigenvalue weighted by Crippen LogP contribution is 2.29. The van der Waals surface area contributed by atoms with Crippen molar-refractivity contribution in [3.05, 3.63) is 17.8 Å². The summed E-state index contributed by atoms with van der Waals surface area (Å²) >= 11 is 1.92. The Bertz CT molecular complexity index is 447. The Kier molecular flexibility index (Phi) is 3.96. The molecule has 18 heavy (non-hydrogen) atoms. The molecule has 6 heteroatoms. The highest BCUT2D eigenvalue weighted by atomic mass is 32.2. The van der Waals surface area contributed by atoms with E-state index < -0.39 is 5.97 Å². The van der Waals surface area contributed by atoms with Crippen LogP contribution in [0.15, 0.2) is 12.3 Å². The molecule has 1 aliphatic rings. The van der Waals surface area contributed by atoms with Gasteiger partial charge >= 0.3 is 5.97 Å². The lowest BCUT2D eigenvalue weighted by molar-refractivity contribution is 0.0602. The Morgan fingerprint density at radius 1 is 1.67 bits per heavy atom. The molecule has 2 heterocycles. The van der Waals surface area contributed by atoms with Gasteiger partial charge in [-0.25, -0.2) is 9.78 Å². The van der Waals surface area contributed by atoms with Crippen LogP contribution in [0.5, 0.6) is 0 Å². The number of rotatable bonds is 3. The van der Waals surface area contributed by atoms with Crippen LogP contribution in [-0.4, -0.2) is 42.7 Å². The van der Waals surface area contributed by atoms with Gasteiger partial charge in [-0.1, -0.05) is 0 Å². The number of carbonyl (C=O) groups is 1. The van der Waals surface area contributed by atoms with E-state index in [0.29, 0.717) is 23.1 Å². The molecule has 0 aromatic carbocycles. The van der Waals surface area contributed by atoms with Crippen LogP contribution in [0.4, 0.5) is 11.5 Å². The number of hydrogen-bond donors (Lipinski definition) is 1. The number of nitrogens with two attached hydrogens (primary N) is 1. The van der Waals surface area contributed by atoms with Crippen LogP contribution in [0.1, 0.15) is 16.8 Å². The number of aromatic nitrogens is 1. The molecule has 0 aliphatic carbocycles. The summed E-state index contributed by atoms with van der Waals surface area (Å²) in [5.74, 6) is 2.46. The summed E-state index contributed by atoms with van der Waals surface area (Å²) in [6, 6.07) is 2.01. The molecule has 98 valence electrons. The average Bonchev–Trinajstić information content (AvgIpc) is 2.91. The average molecular weight is 267 g/mol. The van der Waals surface area contributed by atoms with Crippen molar-refractivity contribution < 1.29 is 9.53 Å². The number of carbonyl (C=O) groups excluding carboxylic acids is 1. The number of methoxy groups -OCH3 is 1. The fraction of sp³-hybridized carbons (Fsp3) is 0.500. The van der Waals surface area contributed by atoms with Gasteiger partial charge < -0.3 is 15.4 Å². The van der Waals surface area contributed by atoms with Crippen LogP contribution in [0.25, 0.3) is 0 Å². The first kappa shape index (κ1) is 13.0. The standard InChI is InChI=1S/C12H17N3O2S/c1-15(8-4-6-18-7-8)11-10(13)9(3-5-14-11)12(16)17-2/h3,5,8H,4,6-7,13H2,1-2H3. The van der Waals surface area contributed by atoms with Crippen molar-refractivity contribution in [2.45, 2.75) is 12.5 Å². The largest absolute Gasteiger partial charge is 0.465 e. The van der Waals surface area contributed by atoms with Gasteiger partial charge in [0.25, 0.3) is 0 Å². The normalized spacial score (nSPS) is 18.7. The molecule has 1 fully saturated rings. The summed E-state index contributed by atoms with van der Waals surface area (Å²) in [5, 5.41) is 0. The second-order valence-electron chi connectivity index (χ2n) is 4.22. The molecular weight excluding hydrogens is 250 g/mol. The molecule has 1 aromatic heterocycles. The van der Waals surface area contributed by atoms with Crippen LogP contribution in [0.2, 0.25) is 0 Å². The molecule has 1 atom stereocenters. The number of hydrogen-bond acceptors (Lipinski definition) is 6. The Balaban J connectivity index is 2.30. The Morgan fingerprint density at radius 2 is 2.44 bits per heavy atom. The van der Waals surface area contributed by atoms with Crippen LogP contribution in [0, 0.1) is 0 Å². The number of nitrogen functional groups attached to an aromatic ring is 1. The zero-order valence-electron chi connectivity index (χ0n) is 10.5. The second-order valence-corrected chi connectivity index (χ2v) is 5.37. The van der Waals surface area contributed by atoms with Gasteiger partial charge in [-0.15, -0.1) is 0 Å². The summed E-state index contributed by atoms with van der Waals surface area (Å²) in [6.07, 6.45) is 2.71. The fourth-order valence-electron chi connectivity index (χ4n) is 2.03. The van der Waals surface area contributed by atoms with Crippen LogP contribution >= 0.6 is 11.8 Å². The lowest BCUT2D eigenvalue weighted by Gasteiger charge is -2.26. The third-order valence-electron chi connectivity index (χ3n) is 3.16. The molecule has 0 radical (unpaired) electrons. The van der Waals surface area contributed by atoms with Crippen molar-refractivity contribution in [2.24, 2.45) is 0 Å². The smallest absolute Gasteiger partial charge is 0.340 e. The van der Waals surface area contributed by atoms with Crippen molar-refractivity contribution in [2.75, 3.05) is 36.3 Å². The topological polar surface area (TPSA) is 68.5 Å². The highest BCUT2D eigenvalue weighted by molar-refractivity contribution is 7.99. The van der Waals surface area contributed by atoms with Gasteiger partial charge in [-0.05, 0) is 18.2 Å². The first-order chi connectivity index (χ1) is 8.65. The van der Waals surface area contributed by atoms with Crippen LogP contribution < -0.4 is 10.6 Å². The van der Waals surface area contributed by atoms with Crippen molar-refractivity contribution in [3.63, 3.8) is 0 Å². The van der Waals surface area contributed by atoms with Crippen molar-refractivity contribution in [3.8, 4) is 0 Å². The third-order valence-corrected chi connectivity index (χ3v) is 4.31. The molecular formula is C12H17N3O2S. The number of nitrogens with zero attached hydrogens (tertiary/aromatic N) is 2. The fourth-order valence-corrected chi connectivity index (χ4v) is 3.30. The molecule has 0 spiro atoms. The molecule has 5 nitrogen and oxygen atoms in total. The number of pyridine rings is 1. The maximum Gasteiger partial charge on any atom is 0.340 e. The predicted molar refractivity (Wildman–Crippen MR) is 74.1 cm³/mol. The van der Waals surface area contributed by atoms with E-state index in [9.17, 15) is 4.79 Å². The summed E-state index contributed by atoms with van der Waals surface area (Å²) in [5.41, 5.74) is 6.78. The maximum atomic E-state index is 11.6. The number of anilines is 2. The minimum Gasteiger partial charge on any atom is -0.465 e. The molecule has 0 amide bonds. The molecule has 1 unspecified atom stereocenters. The van der Waals surface area contributed by atoms with Gasteiger partial charge in [0.05, 0.1) is 18.4 Å². The van der Waals surface area contributed by atoms with Gasteiger partial charge in [0.1, 0.15) is 0 Å². The van der Waals surface area contributed by atoms with E-state index >= 15 is 0 Å². The lowest BCUT2D eigenvalue weighted by Crippen LogP contribution is -2.33. The van der Waals surface area contributed by atoms with Crippen molar-refractivity contribution in [1.29, 1.82) is 0 Å². The molecule has 1 saturated heterocycles. The monoisotopic (exact) mass is 267 g/mol. The van der Waals surface area contributed by atoms with E-state index in [4.69, 9.17) is 10.5 Å². The quantitative estimate of drug-likeness (QED) is 0.835. The Morgan fingerprint density at radius 3 is 3.06 bits per heavy atom. The minimum atomic E-state index is -0.426. The predicted octanol–water partition coefficient (Wildman–Crippen LogP) is 1.39. The summed E-state index contributed by atoms with van der Waals surface area (Å²) in [4.78, 5) is 17.9. The Hall–Kier alpha value is -1.43. The van der Waals surface area contributed by atoms with E-state index in [1.807, 2.05) is 18.8 Å². The van der Waals surface area contributed by atoms with Crippen LogP contribution in [-0.2, 0) is 4.74 Å². The zero-order chi connectivity index (χ0) is 13.1. The summed E-state index contributed by atoms with van der Waals surface area (Å²) < 4.78 is 4.71. The zero-order valence-corrected chi connectivity index (χ0v) is 11.4. The van der Waals surface area contributed by atoms with E-state index in [-0.39, 0.29) is 0 Å². The molecule has 0 bridgehead atoms. The summed E-state index contributed by atoms with van der Waals surface area (Å²) in [6.45, 7) is 0. The molecule has 0 saturated carbocycles. The molecule has 1 aromatic rings. The van der Waals surface area contributed by atoms with Gasteiger partial charge in [-0.3, -0.25) is 0 Å². The SMILES string of the molecule is COC(=O)c1ccnc(N(C)C2CCSC2)c1N. The van der Waals surface area contributed by atoms with Gasteiger partial charge in [-0.2, -0.15) is 11.8 Å². The minimum absolute atomic E-state index is 0.375. The van der Waals surface area contributed by atoms with Gasteiger partial charge in [0, 0.05) is 25.0 Å². The van der Waals surface area contributed by atoms with Crippen LogP contribution in [0.3, 0.4) is 0 Å². The molecule has 1 aliphatic heterocycles. The Labute approximate surface area is 111 Å². The highest BCUT2D eigenvalue weighted by Gasteiger charge is 2.24. The lowest BCUT2D eigenvalue weighted by atomic mass is 10.2. The van der Waals surface area contributed by atoms with Gasteiger partial charge in [0.2, 0.25) is 0 Å². The first-order valence-corrected chi connectivity index (χ1v) is 6.94. The van der Waals surface area contributed by atoms with E-state index in [2.05, 4.69) is 9.88 Å². The van der Waals surface area contributed by atoms with Crippen molar-refractivity contribution >= 4 is 29.2 Å². The number of esters is 1. The molecule has 2 rings (SSSR count). The number of ether oxygens (including phenoxy) is 1. The number of thioether (sulfide) groups is 1. The van der Waals surface area contributed by atoms with E-state index in [1.54, 1.807) is 12.3 Å². The van der Waals surface area contributed by atoms with Crippen molar-refractivity contribution in [1.82, 2.24) is 4.98 Å². The first-order valence-electron chi connectivity index (χ1n) is 5.78. The van der Waals surface area contributed by atoms with E-state index in [0.717, 1.165) is 17.9 Å². The summed E-state index contributed by atoms with van der Waals surface area (Å²) in [7, 11) is 3.31. The third kappa shape index (κ3) is 2.38. The van der Waals surface area contributed by atoms with E-state index in [1.165, 1.54) is 7.11 Å². The molecule has 2 N–H and O–H groups in total.